The summed E-state index contributed by atoms with van der Waals surface area (Å²) in [5.41, 5.74) is 3.41. The third kappa shape index (κ3) is 5.62. The van der Waals surface area contributed by atoms with Crippen LogP contribution in [0.3, 0.4) is 0 Å². The van der Waals surface area contributed by atoms with E-state index in [0.29, 0.717) is 22.2 Å². The van der Waals surface area contributed by atoms with Gasteiger partial charge in [-0.15, -0.1) is 0 Å². The summed E-state index contributed by atoms with van der Waals surface area (Å²) in [7, 11) is 1.94. The number of carbonyl (C=O) groups excluding carboxylic acids is 1. The third-order valence-electron chi connectivity index (χ3n) is 5.26. The van der Waals surface area contributed by atoms with Gasteiger partial charge in [0.25, 0.3) is 0 Å². The van der Waals surface area contributed by atoms with Gasteiger partial charge in [0, 0.05) is 0 Å². The van der Waals surface area contributed by atoms with Gasteiger partial charge >= 0.3 is 212 Å². The molecule has 3 aromatic rings. The molecular formula is C27H25AsN4OS. The molecule has 0 radical (unpaired) electrons. The molecule has 0 aromatic heterocycles. The second-order valence-electron chi connectivity index (χ2n) is 7.69. The molecule has 1 unspecified atom stereocenters. The average Bonchev–Trinajstić information content (AvgIpc) is 3.15. The van der Waals surface area contributed by atoms with E-state index < -0.39 is 0 Å². The summed E-state index contributed by atoms with van der Waals surface area (Å²) in [5.74, 6) is -0.0696. The zero-order chi connectivity index (χ0) is 23.9. The molecule has 7 heteroatoms. The zero-order valence-corrected chi connectivity index (χ0v) is 22.0. The van der Waals surface area contributed by atoms with Gasteiger partial charge in [0.05, 0.1) is 0 Å². The maximum absolute atomic E-state index is 13.5. The van der Waals surface area contributed by atoms with Crippen LogP contribution in [0.25, 0.3) is 0 Å². The molecule has 1 saturated heterocycles. The Hall–Kier alpha value is -3.26. The number of hydrogen-bond acceptors (Lipinski definition) is 5. The first-order valence-corrected chi connectivity index (χ1v) is 14.3. The van der Waals surface area contributed by atoms with Crippen LogP contribution < -0.4 is 9.25 Å². The molecule has 34 heavy (non-hydrogen) atoms. The van der Waals surface area contributed by atoms with E-state index in [0.717, 1.165) is 22.1 Å². The minimum absolute atomic E-state index is 0.0696. The van der Waals surface area contributed by atoms with Crippen molar-refractivity contribution < 1.29 is 4.79 Å². The summed E-state index contributed by atoms with van der Waals surface area (Å²) in [4.78, 5) is 22.7. The van der Waals surface area contributed by atoms with Crippen molar-refractivity contribution in [1.29, 1.82) is 5.26 Å². The predicted molar refractivity (Wildman–Crippen MR) is 143 cm³/mol. The van der Waals surface area contributed by atoms with Gasteiger partial charge in [-0.1, -0.05) is 0 Å². The van der Waals surface area contributed by atoms with E-state index in [9.17, 15) is 10.1 Å². The summed E-state index contributed by atoms with van der Waals surface area (Å²) in [6, 6.07) is 27.8. The second-order valence-corrected chi connectivity index (χ2v) is 12.1. The van der Waals surface area contributed by atoms with E-state index in [1.54, 1.807) is 4.90 Å². The zero-order valence-electron chi connectivity index (χ0n) is 19.1. The summed E-state index contributed by atoms with van der Waals surface area (Å²) in [6.45, 7) is 2.61. The van der Waals surface area contributed by atoms with Gasteiger partial charge in [0.2, 0.25) is 0 Å². The van der Waals surface area contributed by atoms with E-state index in [1.807, 2.05) is 97.0 Å². The quantitative estimate of drug-likeness (QED) is 0.327. The number of rotatable bonds is 7. The first kappa shape index (κ1) is 23.9. The molecule has 1 aliphatic heterocycles. The molecule has 5 nitrogen and oxygen atoms in total. The molecule has 1 atom stereocenters. The topological polar surface area (TPSA) is 59.7 Å². The number of carbonyl (C=O) groups is 1. The van der Waals surface area contributed by atoms with E-state index in [1.165, 1.54) is 16.1 Å². The number of nitriles is 1. The summed E-state index contributed by atoms with van der Waals surface area (Å²) < 4.78 is 1.19. The van der Waals surface area contributed by atoms with Crippen LogP contribution in [0, 0.1) is 11.3 Å². The Morgan fingerprint density at radius 2 is 1.79 bits per heavy atom. The number of hydrogen-bond donors (Lipinski definition) is 0. The van der Waals surface area contributed by atoms with Crippen molar-refractivity contribution in [2.45, 2.75) is 18.7 Å². The molecule has 1 amide bonds. The van der Waals surface area contributed by atoms with Crippen molar-refractivity contribution in [3.05, 3.63) is 101 Å². The molecule has 0 N–H and O–H groups in total. The minimum atomic E-state index is -0.361. The van der Waals surface area contributed by atoms with Gasteiger partial charge < -0.3 is 0 Å². The van der Waals surface area contributed by atoms with Crippen LogP contribution in [-0.2, 0) is 11.3 Å². The van der Waals surface area contributed by atoms with Gasteiger partial charge in [0.15, 0.2) is 0 Å². The molecule has 170 valence electrons. The van der Waals surface area contributed by atoms with Crippen molar-refractivity contribution in [1.82, 2.24) is 4.90 Å². The van der Waals surface area contributed by atoms with Gasteiger partial charge in [-0.05, 0) is 0 Å². The number of aliphatic imine (C=N–C) groups is 1. The number of para-hydroxylation sites is 1. The van der Waals surface area contributed by atoms with E-state index in [2.05, 4.69) is 13.0 Å². The predicted octanol–water partition coefficient (Wildman–Crippen LogP) is 4.80. The van der Waals surface area contributed by atoms with Crippen molar-refractivity contribution >= 4 is 54.3 Å². The summed E-state index contributed by atoms with van der Waals surface area (Å²) in [5, 5.41) is 11.1. The fourth-order valence-electron chi connectivity index (χ4n) is 3.54. The van der Waals surface area contributed by atoms with Crippen molar-refractivity contribution in [2.75, 3.05) is 11.9 Å². The number of amides is 1. The molecule has 0 spiro atoms. The fraction of sp³-hybridized carbons (Fsp3) is 0.148. The van der Waals surface area contributed by atoms with Crippen LogP contribution in [0.2, 0.25) is 5.21 Å². The Kier molecular flexibility index (Phi) is 7.90. The van der Waals surface area contributed by atoms with Crippen molar-refractivity contribution in [3.8, 4) is 6.07 Å². The van der Waals surface area contributed by atoms with Crippen molar-refractivity contribution in [2.24, 2.45) is 4.99 Å². The monoisotopic (exact) mass is 528 g/mol. The van der Waals surface area contributed by atoms with Crippen LogP contribution in [-0.4, -0.2) is 38.8 Å². The molecule has 1 fully saturated rings. The van der Waals surface area contributed by atoms with E-state index in [4.69, 9.17) is 4.99 Å². The molecule has 1 heterocycles. The standard InChI is InChI=1S/C27H25AsN4OS/c1-3-28-23-15-14-21(17-29)16-24(23)30-27-32(18-20-10-6-4-7-11-20)26(33)25(34-27)19-31(2)22-12-8-5-9-13-22/h4-16,19,28H,3,18H2,1-2H3. The Balaban J connectivity index is 1.74. The van der Waals surface area contributed by atoms with E-state index in [-0.39, 0.29) is 21.7 Å². The molecular weight excluding hydrogens is 503 g/mol. The first-order valence-electron chi connectivity index (χ1n) is 11.0. The number of benzene rings is 3. The number of anilines is 1. The molecule has 0 aliphatic carbocycles. The Labute approximate surface area is 211 Å². The summed E-state index contributed by atoms with van der Waals surface area (Å²) >= 11 is 1.02. The van der Waals surface area contributed by atoms with Gasteiger partial charge in [-0.2, -0.15) is 0 Å². The van der Waals surface area contributed by atoms with Gasteiger partial charge in [-0.25, -0.2) is 0 Å². The molecule has 0 bridgehead atoms. The maximum atomic E-state index is 13.5. The Bertz CT molecular complexity index is 1270. The van der Waals surface area contributed by atoms with Crippen molar-refractivity contribution in [3.63, 3.8) is 0 Å². The van der Waals surface area contributed by atoms with E-state index >= 15 is 0 Å². The SMILES string of the molecule is CC[AsH]c1ccc(C#N)cc1N=C1SC(=CN(C)c2ccccc2)C(=O)N1Cc1ccccc1. The second kappa shape index (κ2) is 11.2. The first-order chi connectivity index (χ1) is 16.6. The molecule has 0 saturated carbocycles. The number of nitrogens with zero attached hydrogens (tertiary/aromatic N) is 4. The van der Waals surface area contributed by atoms with Gasteiger partial charge in [0.1, 0.15) is 0 Å². The summed E-state index contributed by atoms with van der Waals surface area (Å²) in [6.07, 6.45) is 1.87. The third-order valence-corrected chi connectivity index (χ3v) is 8.68. The molecule has 1 aliphatic rings. The van der Waals surface area contributed by atoms with Crippen LogP contribution in [0.15, 0.2) is 95.0 Å². The van der Waals surface area contributed by atoms with Crippen LogP contribution in [0.5, 0.6) is 0 Å². The van der Waals surface area contributed by atoms with Crippen LogP contribution >= 0.6 is 11.8 Å². The molecule has 4 rings (SSSR count). The van der Waals surface area contributed by atoms with Crippen LogP contribution in [0.1, 0.15) is 18.1 Å². The molecule has 3 aromatic carbocycles. The Morgan fingerprint density at radius 3 is 2.47 bits per heavy atom. The van der Waals surface area contributed by atoms with Gasteiger partial charge in [-0.3, -0.25) is 0 Å². The number of amidine groups is 1. The normalized spacial score (nSPS) is 16.0. The fourth-order valence-corrected chi connectivity index (χ4v) is 6.41. The Morgan fingerprint density at radius 1 is 1.09 bits per heavy atom. The van der Waals surface area contributed by atoms with Crippen LogP contribution in [0.4, 0.5) is 11.4 Å². The average molecular weight is 529 g/mol. The number of thioether (sulfide) groups is 1.